The van der Waals surface area contributed by atoms with Gasteiger partial charge < -0.3 is 29.9 Å². The average Bonchev–Trinajstić information content (AvgIpc) is 3.09. The molecule has 0 aromatic rings. The molecule has 0 unspecified atom stereocenters. The smallest absolute Gasteiger partial charge is 0.187 e. The first kappa shape index (κ1) is 22.1. The van der Waals surface area contributed by atoms with E-state index in [1.54, 1.807) is 6.92 Å². The molecule has 0 spiro atoms. The highest BCUT2D eigenvalue weighted by molar-refractivity contribution is 5.79. The van der Waals surface area contributed by atoms with Gasteiger partial charge in [-0.15, -0.1) is 0 Å². The lowest BCUT2D eigenvalue weighted by Crippen LogP contribution is -2.62. The maximum absolute atomic E-state index is 12.3. The van der Waals surface area contributed by atoms with Gasteiger partial charge in [-0.1, -0.05) is 13.8 Å². The van der Waals surface area contributed by atoms with Gasteiger partial charge >= 0.3 is 0 Å². The van der Waals surface area contributed by atoms with E-state index in [1.807, 2.05) is 6.92 Å². The summed E-state index contributed by atoms with van der Waals surface area (Å²) >= 11 is 0. The molecular weight excluding hydrogens is 364 g/mol. The van der Waals surface area contributed by atoms with Gasteiger partial charge in [0.25, 0.3) is 0 Å². The number of fused-ring (bicyclic) bond motifs is 1. The second-order valence-corrected chi connectivity index (χ2v) is 9.55. The summed E-state index contributed by atoms with van der Waals surface area (Å²) in [4.78, 5) is 12.3. The molecule has 28 heavy (non-hydrogen) atoms. The highest BCUT2D eigenvalue weighted by Gasteiger charge is 2.56. The van der Waals surface area contributed by atoms with Crippen LogP contribution in [-0.2, 0) is 14.3 Å². The molecule has 2 aliphatic carbocycles. The summed E-state index contributed by atoms with van der Waals surface area (Å²) in [7, 11) is 0. The maximum Gasteiger partial charge on any atom is 0.187 e. The third-order valence-electron chi connectivity index (χ3n) is 7.58. The number of Topliss-reactive ketones (excluding diaryl/α,β-unsaturated/α-hetero) is 1. The number of ether oxygens (including phenoxy) is 2. The van der Waals surface area contributed by atoms with Crippen molar-refractivity contribution in [2.75, 3.05) is 6.61 Å². The molecule has 1 aliphatic heterocycles. The number of aliphatic hydroxyl groups excluding tert-OH is 4. The third-order valence-corrected chi connectivity index (χ3v) is 7.58. The Kier molecular flexibility index (Phi) is 6.54. The predicted octanol–water partition coefficient (Wildman–Crippen LogP) is 0.859. The zero-order valence-corrected chi connectivity index (χ0v) is 17.3. The van der Waals surface area contributed by atoms with Crippen LogP contribution < -0.4 is 0 Å². The van der Waals surface area contributed by atoms with Gasteiger partial charge in [0.2, 0.25) is 0 Å². The molecule has 3 aliphatic rings. The topological polar surface area (TPSA) is 116 Å². The molecule has 7 nitrogen and oxygen atoms in total. The van der Waals surface area contributed by atoms with Gasteiger partial charge in [0, 0.05) is 5.92 Å². The van der Waals surface area contributed by atoms with Crippen LogP contribution in [0.4, 0.5) is 0 Å². The van der Waals surface area contributed by atoms with Crippen LogP contribution in [0.1, 0.15) is 53.4 Å². The molecule has 7 heteroatoms. The van der Waals surface area contributed by atoms with Crippen molar-refractivity contribution in [1.82, 2.24) is 0 Å². The van der Waals surface area contributed by atoms with Gasteiger partial charge in [-0.05, 0) is 63.2 Å². The minimum atomic E-state index is -1.45. The van der Waals surface area contributed by atoms with Gasteiger partial charge in [0.1, 0.15) is 30.2 Å². The summed E-state index contributed by atoms with van der Waals surface area (Å²) in [5.41, 5.74) is -0.603. The van der Waals surface area contributed by atoms with Gasteiger partial charge in [-0.3, -0.25) is 4.79 Å². The maximum atomic E-state index is 12.3. The fourth-order valence-corrected chi connectivity index (χ4v) is 5.99. The van der Waals surface area contributed by atoms with Crippen molar-refractivity contribution >= 4 is 5.78 Å². The zero-order valence-electron chi connectivity index (χ0n) is 17.3. The number of aliphatic hydroxyl groups is 4. The van der Waals surface area contributed by atoms with Crippen LogP contribution in [0.2, 0.25) is 0 Å². The van der Waals surface area contributed by atoms with E-state index in [9.17, 15) is 25.2 Å². The van der Waals surface area contributed by atoms with E-state index in [-0.39, 0.29) is 23.5 Å². The molecule has 0 aromatic carbocycles. The summed E-state index contributed by atoms with van der Waals surface area (Å²) in [6.07, 6.45) is -2.93. The Labute approximate surface area is 167 Å². The predicted molar refractivity (Wildman–Crippen MR) is 101 cm³/mol. The molecular formula is C21H36O7. The van der Waals surface area contributed by atoms with Crippen molar-refractivity contribution in [3.05, 3.63) is 0 Å². The van der Waals surface area contributed by atoms with Crippen molar-refractivity contribution < 1.29 is 34.7 Å². The van der Waals surface area contributed by atoms with Gasteiger partial charge in [0.05, 0.1) is 12.2 Å². The molecule has 1 saturated heterocycles. The summed E-state index contributed by atoms with van der Waals surface area (Å²) < 4.78 is 11.9. The molecule has 0 aromatic heterocycles. The fraction of sp³-hybridized carbons (Fsp3) is 0.952. The zero-order chi connectivity index (χ0) is 20.8. The van der Waals surface area contributed by atoms with E-state index in [2.05, 4.69) is 13.8 Å². The Bertz CT molecular complexity index is 565. The van der Waals surface area contributed by atoms with E-state index in [0.717, 1.165) is 25.7 Å². The lowest BCUT2D eigenvalue weighted by molar-refractivity contribution is -0.336. The lowest BCUT2D eigenvalue weighted by atomic mass is 9.61. The number of carbonyl (C=O) groups excluding carboxylic acids is 1. The molecule has 1 heterocycles. The first-order valence-electron chi connectivity index (χ1n) is 10.6. The SMILES string of the molecule is CC(=O)[C@H]1CC[C@@H]2[C@@H]1[C@H](C(C)C)CC[C@@]2(C)O[C@@H]1O[C@H](CO)[C@@H](O)[C@H](O)[C@H]1O. The van der Waals surface area contributed by atoms with Gasteiger partial charge in [0.15, 0.2) is 6.29 Å². The summed E-state index contributed by atoms with van der Waals surface area (Å²) in [5.74, 6) is 1.60. The first-order valence-corrected chi connectivity index (χ1v) is 10.6. The lowest BCUT2D eigenvalue weighted by Gasteiger charge is -2.51. The van der Waals surface area contributed by atoms with E-state index in [4.69, 9.17) is 9.47 Å². The summed E-state index contributed by atoms with van der Waals surface area (Å²) in [6.45, 7) is 7.62. The monoisotopic (exact) mass is 400 g/mol. The number of rotatable bonds is 5. The molecule has 0 amide bonds. The molecule has 4 N–H and O–H groups in total. The van der Waals surface area contributed by atoms with Crippen molar-refractivity contribution in [1.29, 1.82) is 0 Å². The molecule has 0 radical (unpaired) electrons. The quantitative estimate of drug-likeness (QED) is 0.541. The van der Waals surface area contributed by atoms with Gasteiger partial charge in [-0.2, -0.15) is 0 Å². The number of hydrogen-bond donors (Lipinski definition) is 4. The van der Waals surface area contributed by atoms with E-state index in [1.165, 1.54) is 0 Å². The van der Waals surface area contributed by atoms with Gasteiger partial charge in [-0.25, -0.2) is 0 Å². The highest BCUT2D eigenvalue weighted by Crippen LogP contribution is 2.56. The third kappa shape index (κ3) is 3.77. The first-order chi connectivity index (χ1) is 13.1. The average molecular weight is 401 g/mol. The van der Waals surface area contributed by atoms with Crippen LogP contribution >= 0.6 is 0 Å². The van der Waals surface area contributed by atoms with Crippen LogP contribution in [0.25, 0.3) is 0 Å². The van der Waals surface area contributed by atoms with Crippen LogP contribution in [0, 0.1) is 29.6 Å². The highest BCUT2D eigenvalue weighted by atomic mass is 16.7. The van der Waals surface area contributed by atoms with Crippen LogP contribution in [0.3, 0.4) is 0 Å². The summed E-state index contributed by atoms with van der Waals surface area (Å²) in [6, 6.07) is 0. The fourth-order valence-electron chi connectivity index (χ4n) is 5.99. The summed E-state index contributed by atoms with van der Waals surface area (Å²) in [5, 5.41) is 39.9. The van der Waals surface area contributed by atoms with Crippen LogP contribution in [0.5, 0.6) is 0 Å². The van der Waals surface area contributed by atoms with E-state index >= 15 is 0 Å². The number of carbonyl (C=O) groups is 1. The largest absolute Gasteiger partial charge is 0.394 e. The molecule has 0 bridgehead atoms. The standard InChI is InChI=1S/C21H36O7/c1-10(2)12-7-8-21(4,14-6-5-13(11(3)23)16(12)14)28-20-19(26)18(25)17(24)15(9-22)27-20/h10,12-20,22,24-26H,5-9H2,1-4H3/t12-,13+,14+,15+,16+,17+,18-,19+,20-,21+/m0/s1. The molecule has 3 fully saturated rings. The van der Waals surface area contributed by atoms with Crippen LogP contribution in [-0.4, -0.2) is 69.1 Å². The van der Waals surface area contributed by atoms with Crippen molar-refractivity contribution in [2.45, 2.75) is 89.7 Å². The van der Waals surface area contributed by atoms with Crippen LogP contribution in [0.15, 0.2) is 0 Å². The molecule has 2 saturated carbocycles. The number of ketones is 1. The second-order valence-electron chi connectivity index (χ2n) is 9.55. The normalized spacial score (nSPS) is 49.2. The Balaban J connectivity index is 1.82. The van der Waals surface area contributed by atoms with E-state index < -0.39 is 42.9 Å². The minimum Gasteiger partial charge on any atom is -0.394 e. The van der Waals surface area contributed by atoms with E-state index in [0.29, 0.717) is 11.8 Å². The Morgan fingerprint density at radius 3 is 2.39 bits per heavy atom. The second kappa shape index (κ2) is 8.28. The molecule has 3 rings (SSSR count). The minimum absolute atomic E-state index is 0.0374. The molecule has 162 valence electrons. The van der Waals surface area contributed by atoms with Crippen molar-refractivity contribution in [3.63, 3.8) is 0 Å². The van der Waals surface area contributed by atoms with Crippen molar-refractivity contribution in [2.24, 2.45) is 29.6 Å². The van der Waals surface area contributed by atoms with Crippen molar-refractivity contribution in [3.8, 4) is 0 Å². The number of hydrogen-bond acceptors (Lipinski definition) is 7. The molecule has 10 atom stereocenters. The Morgan fingerprint density at radius 1 is 1.14 bits per heavy atom. The Hall–Kier alpha value is -0.570. The Morgan fingerprint density at radius 2 is 1.82 bits per heavy atom.